The summed E-state index contributed by atoms with van der Waals surface area (Å²) in [7, 11) is 3.07. The molecule has 1 aromatic heterocycles. The molecule has 1 heterocycles. The first kappa shape index (κ1) is 21.7. The number of carbonyl (C=O) groups excluding carboxylic acids is 1. The Bertz CT molecular complexity index is 1160. The number of nitrogens with one attached hydrogen (secondary N) is 1. The van der Waals surface area contributed by atoms with Crippen molar-refractivity contribution in [2.45, 2.75) is 43.9 Å². The van der Waals surface area contributed by atoms with Gasteiger partial charge in [-0.05, 0) is 115 Å². The summed E-state index contributed by atoms with van der Waals surface area (Å²) < 4.78 is 10.3. The summed E-state index contributed by atoms with van der Waals surface area (Å²) in [5, 5.41) is 4.45. The number of anilines is 2. The van der Waals surface area contributed by atoms with Crippen LogP contribution in [0.2, 0.25) is 0 Å². The molecule has 4 bridgehead atoms. The lowest BCUT2D eigenvalue weighted by atomic mass is 9.48. The van der Waals surface area contributed by atoms with Crippen LogP contribution in [0.25, 0.3) is 10.4 Å². The van der Waals surface area contributed by atoms with Gasteiger partial charge in [-0.3, -0.25) is 0 Å². The molecule has 4 fully saturated rings. The van der Waals surface area contributed by atoms with Gasteiger partial charge in [-0.2, -0.15) is 0 Å². The molecule has 0 amide bonds. The average molecular weight is 474 g/mol. The number of rotatable bonds is 6. The summed E-state index contributed by atoms with van der Waals surface area (Å²) in [6.45, 7) is 0. The predicted molar refractivity (Wildman–Crippen MR) is 137 cm³/mol. The molecule has 4 aliphatic carbocycles. The zero-order chi connectivity index (χ0) is 23.3. The van der Waals surface area contributed by atoms with Crippen LogP contribution in [0.15, 0.2) is 54.6 Å². The lowest BCUT2D eigenvalue weighted by Crippen LogP contribution is -2.48. The molecule has 5 heteroatoms. The maximum Gasteiger partial charge on any atom is 0.339 e. The van der Waals surface area contributed by atoms with Crippen LogP contribution in [0, 0.1) is 17.8 Å². The minimum absolute atomic E-state index is 0.327. The second kappa shape index (κ2) is 8.46. The first-order chi connectivity index (χ1) is 16.5. The molecule has 1 N–H and O–H groups in total. The summed E-state index contributed by atoms with van der Waals surface area (Å²) in [5.74, 6) is 3.31. The summed E-state index contributed by atoms with van der Waals surface area (Å²) in [4.78, 5) is 13.4. The molecule has 0 aliphatic heterocycles. The standard InChI is InChI=1S/C29H31NO3S/c1-32-24-9-3-21(4-10-24)27-25(28(31)33-2)14-26(34-27)30-23-7-5-22(6-8-23)29-15-18-11-19(16-29)13-20(12-18)17-29/h3-10,14,18-20,30H,11-13,15-17H2,1-2H3. The van der Waals surface area contributed by atoms with Crippen molar-refractivity contribution in [3.8, 4) is 16.2 Å². The van der Waals surface area contributed by atoms with Gasteiger partial charge in [0.1, 0.15) is 5.75 Å². The fourth-order valence-electron chi connectivity index (χ4n) is 7.18. The van der Waals surface area contributed by atoms with E-state index in [1.165, 1.54) is 51.2 Å². The predicted octanol–water partition coefficient (Wildman–Crippen LogP) is 7.42. The van der Waals surface area contributed by atoms with Gasteiger partial charge in [0.25, 0.3) is 0 Å². The molecule has 4 nitrogen and oxygen atoms in total. The summed E-state index contributed by atoms with van der Waals surface area (Å²) in [6, 6.07) is 18.8. The van der Waals surface area contributed by atoms with E-state index in [4.69, 9.17) is 9.47 Å². The molecule has 0 unspecified atom stereocenters. The molecule has 3 aromatic rings. The molecule has 0 spiro atoms. The van der Waals surface area contributed by atoms with Crippen LogP contribution in [0.1, 0.15) is 54.4 Å². The minimum Gasteiger partial charge on any atom is -0.497 e. The fourth-order valence-corrected chi connectivity index (χ4v) is 8.26. The monoisotopic (exact) mass is 473 g/mol. The quantitative estimate of drug-likeness (QED) is 0.378. The van der Waals surface area contributed by atoms with Gasteiger partial charge < -0.3 is 14.8 Å². The van der Waals surface area contributed by atoms with Gasteiger partial charge in [0.15, 0.2) is 0 Å². The third kappa shape index (κ3) is 3.80. The molecule has 4 saturated carbocycles. The largest absolute Gasteiger partial charge is 0.497 e. The van der Waals surface area contributed by atoms with Crippen molar-refractivity contribution in [3.05, 3.63) is 65.7 Å². The smallest absolute Gasteiger partial charge is 0.339 e. The maximum absolute atomic E-state index is 12.5. The highest BCUT2D eigenvalue weighted by Gasteiger charge is 2.51. The van der Waals surface area contributed by atoms with Crippen LogP contribution in [0.4, 0.5) is 10.7 Å². The Morgan fingerprint density at radius 3 is 2.09 bits per heavy atom. The van der Waals surface area contributed by atoms with Gasteiger partial charge in [0.2, 0.25) is 0 Å². The van der Waals surface area contributed by atoms with Crippen LogP contribution in [0.3, 0.4) is 0 Å². The normalized spacial score (nSPS) is 26.9. The van der Waals surface area contributed by atoms with E-state index in [2.05, 4.69) is 29.6 Å². The Kier molecular flexibility index (Phi) is 5.40. The minimum atomic E-state index is -0.327. The first-order valence-corrected chi connectivity index (χ1v) is 13.1. The second-order valence-electron chi connectivity index (χ2n) is 10.5. The molecular weight excluding hydrogens is 442 g/mol. The molecule has 0 atom stereocenters. The highest BCUT2D eigenvalue weighted by atomic mass is 32.1. The number of thiophene rings is 1. The van der Waals surface area contributed by atoms with E-state index in [1.54, 1.807) is 18.4 Å². The lowest BCUT2D eigenvalue weighted by molar-refractivity contribution is -0.00518. The average Bonchev–Trinajstić information content (AvgIpc) is 3.27. The number of hydrogen-bond donors (Lipinski definition) is 1. The van der Waals surface area contributed by atoms with E-state index in [0.29, 0.717) is 11.0 Å². The van der Waals surface area contributed by atoms with Crippen molar-refractivity contribution in [1.29, 1.82) is 0 Å². The van der Waals surface area contributed by atoms with Crippen molar-refractivity contribution >= 4 is 28.0 Å². The van der Waals surface area contributed by atoms with E-state index in [-0.39, 0.29) is 5.97 Å². The van der Waals surface area contributed by atoms with Crippen molar-refractivity contribution in [3.63, 3.8) is 0 Å². The summed E-state index contributed by atoms with van der Waals surface area (Å²) in [5.41, 5.74) is 4.53. The van der Waals surface area contributed by atoms with Gasteiger partial charge >= 0.3 is 5.97 Å². The van der Waals surface area contributed by atoms with Crippen LogP contribution >= 0.6 is 11.3 Å². The van der Waals surface area contributed by atoms with Gasteiger partial charge in [0.05, 0.1) is 29.7 Å². The molecule has 34 heavy (non-hydrogen) atoms. The Labute approximate surface area is 205 Å². The van der Waals surface area contributed by atoms with E-state index >= 15 is 0 Å². The van der Waals surface area contributed by atoms with E-state index in [1.807, 2.05) is 30.3 Å². The molecule has 4 aliphatic rings. The maximum atomic E-state index is 12.5. The molecule has 0 saturated heterocycles. The first-order valence-electron chi connectivity index (χ1n) is 12.3. The Morgan fingerprint density at radius 2 is 1.53 bits per heavy atom. The third-order valence-electron chi connectivity index (χ3n) is 8.29. The molecule has 2 aromatic carbocycles. The SMILES string of the molecule is COC(=O)c1cc(Nc2ccc(C34CC5CC(CC(C5)C3)C4)cc2)sc1-c1ccc(OC)cc1. The number of ether oxygens (including phenoxy) is 2. The number of hydrogen-bond acceptors (Lipinski definition) is 5. The fraction of sp³-hybridized carbons (Fsp3) is 0.414. The Balaban J connectivity index is 1.25. The highest BCUT2D eigenvalue weighted by Crippen LogP contribution is 2.60. The second-order valence-corrected chi connectivity index (χ2v) is 11.5. The van der Waals surface area contributed by atoms with Gasteiger partial charge in [-0.25, -0.2) is 4.79 Å². The Morgan fingerprint density at radius 1 is 0.912 bits per heavy atom. The van der Waals surface area contributed by atoms with Gasteiger partial charge in [0, 0.05) is 5.69 Å². The van der Waals surface area contributed by atoms with Crippen LogP contribution in [-0.4, -0.2) is 20.2 Å². The van der Waals surface area contributed by atoms with Crippen LogP contribution in [-0.2, 0) is 10.2 Å². The number of esters is 1. The topological polar surface area (TPSA) is 47.6 Å². The third-order valence-corrected chi connectivity index (χ3v) is 9.39. The van der Waals surface area contributed by atoms with Crippen molar-refractivity contribution < 1.29 is 14.3 Å². The van der Waals surface area contributed by atoms with E-state index in [0.717, 1.165) is 44.6 Å². The van der Waals surface area contributed by atoms with Crippen LogP contribution in [0.5, 0.6) is 5.75 Å². The summed E-state index contributed by atoms with van der Waals surface area (Å²) >= 11 is 1.56. The van der Waals surface area contributed by atoms with E-state index in [9.17, 15) is 4.79 Å². The zero-order valence-corrected chi connectivity index (χ0v) is 20.6. The number of benzene rings is 2. The van der Waals surface area contributed by atoms with Crippen molar-refractivity contribution in [2.24, 2.45) is 17.8 Å². The van der Waals surface area contributed by atoms with Gasteiger partial charge in [-0.15, -0.1) is 11.3 Å². The van der Waals surface area contributed by atoms with Crippen LogP contribution < -0.4 is 10.1 Å². The number of carbonyl (C=O) groups is 1. The Hall–Kier alpha value is -2.79. The summed E-state index contributed by atoms with van der Waals surface area (Å²) in [6.07, 6.45) is 8.54. The highest BCUT2D eigenvalue weighted by molar-refractivity contribution is 7.19. The van der Waals surface area contributed by atoms with Crippen molar-refractivity contribution in [1.82, 2.24) is 0 Å². The molecule has 0 radical (unpaired) electrons. The lowest BCUT2D eigenvalue weighted by Gasteiger charge is -2.57. The molecule has 176 valence electrons. The zero-order valence-electron chi connectivity index (χ0n) is 19.8. The molecular formula is C29H31NO3S. The van der Waals surface area contributed by atoms with E-state index < -0.39 is 0 Å². The van der Waals surface area contributed by atoms with Gasteiger partial charge in [-0.1, -0.05) is 12.1 Å². The molecule has 7 rings (SSSR count). The number of methoxy groups -OCH3 is 2. The van der Waals surface area contributed by atoms with Crippen molar-refractivity contribution in [2.75, 3.05) is 19.5 Å².